The van der Waals surface area contributed by atoms with E-state index in [-0.39, 0.29) is 48.3 Å². The Kier molecular flexibility index (Phi) is 6.29. The van der Waals surface area contributed by atoms with Crippen molar-refractivity contribution in [3.63, 3.8) is 0 Å². The van der Waals surface area contributed by atoms with Crippen LogP contribution in [0.4, 0.5) is 15.8 Å². The fraction of sp³-hybridized carbons (Fsp3) is 0.562. The molecule has 3 rings (SSSR count). The van der Waals surface area contributed by atoms with Gasteiger partial charge in [-0.15, -0.1) is 12.4 Å². The maximum Gasteiger partial charge on any atom is 0.235 e. The summed E-state index contributed by atoms with van der Waals surface area (Å²) in [6.07, 6.45) is 3.71. The molecular formula is C16H23ClFN3O3S. The lowest BCUT2D eigenvalue weighted by Crippen LogP contribution is -2.28. The minimum atomic E-state index is -3.47. The van der Waals surface area contributed by atoms with E-state index in [0.717, 1.165) is 23.6 Å². The average molecular weight is 392 g/mol. The fourth-order valence-corrected chi connectivity index (χ4v) is 5.02. The van der Waals surface area contributed by atoms with Gasteiger partial charge < -0.3 is 11.1 Å². The zero-order valence-corrected chi connectivity index (χ0v) is 15.4. The Bertz CT molecular complexity index is 744. The molecule has 0 bridgehead atoms. The molecule has 1 heterocycles. The first kappa shape index (κ1) is 19.9. The predicted octanol–water partition coefficient (Wildman–Crippen LogP) is 2.24. The summed E-state index contributed by atoms with van der Waals surface area (Å²) in [5, 5.41) is 2.73. The van der Waals surface area contributed by atoms with E-state index in [1.807, 2.05) is 0 Å². The van der Waals surface area contributed by atoms with Gasteiger partial charge in [0.1, 0.15) is 5.82 Å². The number of carbonyl (C=O) groups is 1. The van der Waals surface area contributed by atoms with Crippen LogP contribution in [0.1, 0.15) is 32.1 Å². The molecule has 1 aromatic rings. The Labute approximate surface area is 153 Å². The minimum absolute atomic E-state index is 0. The van der Waals surface area contributed by atoms with Crippen molar-refractivity contribution in [2.75, 3.05) is 21.9 Å². The van der Waals surface area contributed by atoms with Crippen LogP contribution < -0.4 is 15.4 Å². The normalized spacial score (nSPS) is 24.8. The molecule has 0 aromatic heterocycles. The van der Waals surface area contributed by atoms with E-state index in [0.29, 0.717) is 18.5 Å². The summed E-state index contributed by atoms with van der Waals surface area (Å²) in [6, 6.07) is 4.05. The molecule has 0 unspecified atom stereocenters. The highest BCUT2D eigenvalue weighted by Gasteiger charge is 2.31. The Morgan fingerprint density at radius 1 is 1.32 bits per heavy atom. The average Bonchev–Trinajstić information content (AvgIpc) is 3.06. The molecule has 1 aromatic carbocycles. The molecule has 1 aliphatic heterocycles. The Morgan fingerprint density at radius 2 is 2.08 bits per heavy atom. The van der Waals surface area contributed by atoms with Gasteiger partial charge in [0.15, 0.2) is 0 Å². The van der Waals surface area contributed by atoms with Gasteiger partial charge in [-0.05, 0) is 43.4 Å². The number of amides is 1. The van der Waals surface area contributed by atoms with Gasteiger partial charge in [0.2, 0.25) is 15.9 Å². The van der Waals surface area contributed by atoms with Gasteiger partial charge in [0, 0.05) is 24.7 Å². The lowest BCUT2D eigenvalue weighted by atomic mass is 10.00. The molecule has 25 heavy (non-hydrogen) atoms. The molecule has 2 atom stereocenters. The lowest BCUT2D eigenvalue weighted by Gasteiger charge is -2.19. The third-order valence-electron chi connectivity index (χ3n) is 4.76. The van der Waals surface area contributed by atoms with E-state index >= 15 is 0 Å². The molecule has 1 amide bonds. The summed E-state index contributed by atoms with van der Waals surface area (Å²) < 4.78 is 39.1. The second-order valence-electron chi connectivity index (χ2n) is 6.52. The van der Waals surface area contributed by atoms with Crippen molar-refractivity contribution in [3.05, 3.63) is 24.0 Å². The van der Waals surface area contributed by atoms with Crippen LogP contribution in [-0.4, -0.2) is 32.7 Å². The highest BCUT2D eigenvalue weighted by molar-refractivity contribution is 7.93. The van der Waals surface area contributed by atoms with Gasteiger partial charge in [-0.3, -0.25) is 9.10 Å². The molecule has 2 aliphatic rings. The van der Waals surface area contributed by atoms with Crippen LogP contribution in [0.2, 0.25) is 0 Å². The second kappa shape index (κ2) is 7.88. The van der Waals surface area contributed by atoms with Crippen molar-refractivity contribution >= 4 is 39.7 Å². The largest absolute Gasteiger partial charge is 0.327 e. The quantitative estimate of drug-likeness (QED) is 0.823. The molecule has 9 heteroatoms. The number of carbonyl (C=O) groups excluding carboxylic acids is 1. The number of nitrogens with zero attached hydrogens (tertiary/aromatic N) is 1. The van der Waals surface area contributed by atoms with E-state index in [9.17, 15) is 17.6 Å². The van der Waals surface area contributed by atoms with Crippen molar-refractivity contribution < 1.29 is 17.6 Å². The molecule has 1 aliphatic carbocycles. The lowest BCUT2D eigenvalue weighted by molar-refractivity contribution is -0.117. The fourth-order valence-electron chi connectivity index (χ4n) is 3.46. The topological polar surface area (TPSA) is 92.5 Å². The summed E-state index contributed by atoms with van der Waals surface area (Å²) >= 11 is 0. The zero-order valence-electron chi connectivity index (χ0n) is 13.8. The van der Waals surface area contributed by atoms with Gasteiger partial charge >= 0.3 is 0 Å². The van der Waals surface area contributed by atoms with Crippen LogP contribution in [0.5, 0.6) is 0 Å². The van der Waals surface area contributed by atoms with Gasteiger partial charge in [0.25, 0.3) is 0 Å². The number of hydrogen-bond acceptors (Lipinski definition) is 4. The van der Waals surface area contributed by atoms with Crippen molar-refractivity contribution in [1.82, 2.24) is 0 Å². The van der Waals surface area contributed by atoms with Gasteiger partial charge in [0.05, 0.1) is 11.4 Å². The zero-order chi connectivity index (χ0) is 17.3. The standard InChI is InChI=1S/C16H22FN3O3S.ClH/c17-13-6-5-12(10-15(13)20-7-2-8-24(20,22)23)19-16(21)9-11-3-1-4-14(11)18;/h5-6,10-11,14H,1-4,7-9,18H2,(H,19,21);1H/t11-,14+;/m0./s1. The maximum absolute atomic E-state index is 14.0. The molecule has 0 radical (unpaired) electrons. The second-order valence-corrected chi connectivity index (χ2v) is 8.53. The van der Waals surface area contributed by atoms with Crippen LogP contribution in [0.25, 0.3) is 0 Å². The van der Waals surface area contributed by atoms with Gasteiger partial charge in [-0.2, -0.15) is 0 Å². The third kappa shape index (κ3) is 4.43. The SMILES string of the molecule is Cl.N[C@@H]1CCC[C@H]1CC(=O)Nc1ccc(F)c(N2CCCS2(=O)=O)c1. The van der Waals surface area contributed by atoms with Crippen molar-refractivity contribution in [2.24, 2.45) is 11.7 Å². The summed E-state index contributed by atoms with van der Waals surface area (Å²) in [4.78, 5) is 12.2. The van der Waals surface area contributed by atoms with E-state index < -0.39 is 15.8 Å². The van der Waals surface area contributed by atoms with Crippen LogP contribution in [0.3, 0.4) is 0 Å². The predicted molar refractivity (Wildman–Crippen MR) is 98.0 cm³/mol. The smallest absolute Gasteiger partial charge is 0.235 e. The van der Waals surface area contributed by atoms with Gasteiger partial charge in [-0.25, -0.2) is 12.8 Å². The molecule has 1 saturated carbocycles. The van der Waals surface area contributed by atoms with Crippen LogP contribution in [0, 0.1) is 11.7 Å². The van der Waals surface area contributed by atoms with E-state index in [4.69, 9.17) is 5.73 Å². The number of sulfonamides is 1. The van der Waals surface area contributed by atoms with Crippen molar-refractivity contribution in [3.8, 4) is 0 Å². The Balaban J connectivity index is 0.00000225. The molecule has 3 N–H and O–H groups in total. The molecule has 140 valence electrons. The van der Waals surface area contributed by atoms with E-state index in [1.165, 1.54) is 18.2 Å². The minimum Gasteiger partial charge on any atom is -0.327 e. The van der Waals surface area contributed by atoms with Crippen molar-refractivity contribution in [1.29, 1.82) is 0 Å². The molecule has 0 spiro atoms. The Morgan fingerprint density at radius 3 is 2.68 bits per heavy atom. The third-order valence-corrected chi connectivity index (χ3v) is 6.62. The molecule has 1 saturated heterocycles. The maximum atomic E-state index is 14.0. The van der Waals surface area contributed by atoms with E-state index in [2.05, 4.69) is 5.32 Å². The first-order chi connectivity index (χ1) is 11.4. The van der Waals surface area contributed by atoms with Crippen LogP contribution in [0.15, 0.2) is 18.2 Å². The summed E-state index contributed by atoms with van der Waals surface area (Å²) in [7, 11) is -3.47. The van der Waals surface area contributed by atoms with Crippen molar-refractivity contribution in [2.45, 2.75) is 38.1 Å². The Hall–Kier alpha value is -1.38. The summed E-state index contributed by atoms with van der Waals surface area (Å²) in [5.41, 5.74) is 6.36. The highest BCUT2D eigenvalue weighted by atomic mass is 35.5. The number of benzene rings is 1. The number of halogens is 2. The van der Waals surface area contributed by atoms with Crippen LogP contribution in [-0.2, 0) is 14.8 Å². The van der Waals surface area contributed by atoms with E-state index in [1.54, 1.807) is 0 Å². The number of nitrogens with one attached hydrogen (secondary N) is 1. The summed E-state index contributed by atoms with van der Waals surface area (Å²) in [6.45, 7) is 0.258. The molecular weight excluding hydrogens is 369 g/mol. The monoisotopic (exact) mass is 391 g/mol. The molecule has 2 fully saturated rings. The van der Waals surface area contributed by atoms with Gasteiger partial charge in [-0.1, -0.05) is 6.42 Å². The first-order valence-corrected chi connectivity index (χ1v) is 9.83. The highest BCUT2D eigenvalue weighted by Crippen LogP contribution is 2.30. The number of anilines is 2. The number of nitrogens with two attached hydrogens (primary N) is 1. The summed E-state index contributed by atoms with van der Waals surface area (Å²) in [5.74, 6) is -0.609. The number of hydrogen-bond donors (Lipinski definition) is 2. The van der Waals surface area contributed by atoms with Crippen LogP contribution >= 0.6 is 12.4 Å². The first-order valence-electron chi connectivity index (χ1n) is 8.22. The molecule has 6 nitrogen and oxygen atoms in total. The number of rotatable bonds is 4.